The second-order valence-electron chi connectivity index (χ2n) is 9.46. The van der Waals surface area contributed by atoms with Crippen molar-refractivity contribution in [1.29, 1.82) is 0 Å². The number of carbonyl (C=O) groups excluding carboxylic acids is 2. The first kappa shape index (κ1) is 19.0. The van der Waals surface area contributed by atoms with Crippen LogP contribution in [0.3, 0.4) is 0 Å². The van der Waals surface area contributed by atoms with Crippen LogP contribution in [0.5, 0.6) is 0 Å². The summed E-state index contributed by atoms with van der Waals surface area (Å²) in [6.07, 6.45) is 7.02. The molecule has 5 rings (SSSR count). The summed E-state index contributed by atoms with van der Waals surface area (Å²) >= 11 is 0. The van der Waals surface area contributed by atoms with E-state index in [4.69, 9.17) is 0 Å². The van der Waals surface area contributed by atoms with E-state index >= 15 is 0 Å². The summed E-state index contributed by atoms with van der Waals surface area (Å²) in [6.45, 7) is 8.33. The third kappa shape index (κ3) is 3.40. The van der Waals surface area contributed by atoms with Crippen LogP contribution in [0.25, 0.3) is 0 Å². The van der Waals surface area contributed by atoms with Crippen molar-refractivity contribution in [3.8, 4) is 0 Å². The van der Waals surface area contributed by atoms with E-state index in [-0.39, 0.29) is 23.7 Å². The number of nitrogens with zero attached hydrogens (tertiary/aromatic N) is 3. The van der Waals surface area contributed by atoms with Crippen LogP contribution in [-0.4, -0.2) is 85.2 Å². The van der Waals surface area contributed by atoms with Crippen molar-refractivity contribution in [3.05, 3.63) is 0 Å². The third-order valence-electron chi connectivity index (χ3n) is 7.93. The van der Waals surface area contributed by atoms with Crippen molar-refractivity contribution in [2.24, 2.45) is 23.7 Å². The molecule has 5 aliphatic rings. The van der Waals surface area contributed by atoms with Crippen molar-refractivity contribution >= 4 is 11.8 Å². The molecule has 3 aliphatic heterocycles. The summed E-state index contributed by atoms with van der Waals surface area (Å²) in [6, 6.07) is 0. The number of carbonyl (C=O) groups is 2. The molecule has 0 aromatic heterocycles. The number of hydrogen-bond acceptors (Lipinski definition) is 6. The molecule has 3 heterocycles. The lowest BCUT2D eigenvalue weighted by atomic mass is 9.81. The maximum atomic E-state index is 12.7. The van der Waals surface area contributed by atoms with Gasteiger partial charge in [0.15, 0.2) is 0 Å². The van der Waals surface area contributed by atoms with Crippen molar-refractivity contribution in [2.45, 2.75) is 44.8 Å². The summed E-state index contributed by atoms with van der Waals surface area (Å²) < 4.78 is 0. The molecule has 7 nitrogen and oxygen atoms in total. The van der Waals surface area contributed by atoms with Crippen LogP contribution in [0, 0.1) is 23.7 Å². The highest BCUT2D eigenvalue weighted by Crippen LogP contribution is 2.56. The van der Waals surface area contributed by atoms with E-state index < -0.39 is 0 Å². The lowest BCUT2D eigenvalue weighted by Crippen LogP contribution is -2.62. The lowest BCUT2D eigenvalue weighted by molar-refractivity contribution is -0.140. The molecule has 2 saturated carbocycles. The smallest absolute Gasteiger partial charge is 0.233 e. The van der Waals surface area contributed by atoms with Crippen LogP contribution in [0.1, 0.15) is 38.5 Å². The Bertz CT molecular complexity index is 572. The average molecular weight is 390 g/mol. The standard InChI is InChI=1S/C21H35N5O2/c27-19-17-15-4-5-16(14-15)18(17)20(28)26(19)9-2-1-8-24-10-12-25(13-11-24)21-22-6-3-7-23-21/h15-18,21-23H,1-14H2. The third-order valence-corrected chi connectivity index (χ3v) is 7.93. The summed E-state index contributed by atoms with van der Waals surface area (Å²) in [5.74, 6) is 1.40. The van der Waals surface area contributed by atoms with Gasteiger partial charge >= 0.3 is 0 Å². The highest BCUT2D eigenvalue weighted by atomic mass is 16.2. The molecule has 0 radical (unpaired) electrons. The predicted molar refractivity (Wildman–Crippen MR) is 106 cm³/mol. The van der Waals surface area contributed by atoms with Crippen LogP contribution in [-0.2, 0) is 9.59 Å². The minimum Gasteiger partial charge on any atom is -0.301 e. The maximum Gasteiger partial charge on any atom is 0.233 e. The summed E-state index contributed by atoms with van der Waals surface area (Å²) in [5, 5.41) is 7.10. The quantitative estimate of drug-likeness (QED) is 0.503. The molecule has 4 atom stereocenters. The SMILES string of the molecule is O=C1C2C3CCC(C3)C2C(=O)N1CCCCN1CCN(C2NCCCN2)CC1. The van der Waals surface area contributed by atoms with E-state index in [1.54, 1.807) is 4.90 Å². The zero-order chi connectivity index (χ0) is 19.1. The number of piperazine rings is 1. The molecule has 2 amide bonds. The molecule has 3 saturated heterocycles. The van der Waals surface area contributed by atoms with Gasteiger partial charge in [0.2, 0.25) is 11.8 Å². The zero-order valence-corrected chi connectivity index (χ0v) is 16.9. The van der Waals surface area contributed by atoms with Gasteiger partial charge in [0.05, 0.1) is 11.8 Å². The predicted octanol–water partition coefficient (Wildman–Crippen LogP) is 0.282. The number of imide groups is 1. The van der Waals surface area contributed by atoms with E-state index in [0.29, 0.717) is 24.7 Å². The van der Waals surface area contributed by atoms with Gasteiger partial charge < -0.3 is 4.90 Å². The molecule has 156 valence electrons. The molecule has 28 heavy (non-hydrogen) atoms. The topological polar surface area (TPSA) is 67.9 Å². The second-order valence-corrected chi connectivity index (χ2v) is 9.46. The van der Waals surface area contributed by atoms with Gasteiger partial charge in [0.1, 0.15) is 6.29 Å². The summed E-state index contributed by atoms with van der Waals surface area (Å²) in [7, 11) is 0. The first-order valence-electron chi connectivity index (χ1n) is 11.5. The minimum absolute atomic E-state index is 0.0429. The zero-order valence-electron chi connectivity index (χ0n) is 16.9. The van der Waals surface area contributed by atoms with Gasteiger partial charge in [0, 0.05) is 32.7 Å². The van der Waals surface area contributed by atoms with Crippen LogP contribution in [0.4, 0.5) is 0 Å². The van der Waals surface area contributed by atoms with Crippen LogP contribution in [0.2, 0.25) is 0 Å². The molecule has 2 bridgehead atoms. The number of hydrogen-bond donors (Lipinski definition) is 2. The molecule has 0 aromatic rings. The van der Waals surface area contributed by atoms with E-state index in [9.17, 15) is 9.59 Å². The number of amides is 2. The molecule has 2 N–H and O–H groups in total. The van der Waals surface area contributed by atoms with E-state index in [0.717, 1.165) is 77.9 Å². The molecule has 4 unspecified atom stereocenters. The van der Waals surface area contributed by atoms with Gasteiger partial charge in [-0.25, -0.2) is 0 Å². The minimum atomic E-state index is 0.0429. The van der Waals surface area contributed by atoms with Gasteiger partial charge in [-0.3, -0.25) is 30.0 Å². The molecular weight excluding hydrogens is 354 g/mol. The molecule has 7 heteroatoms. The van der Waals surface area contributed by atoms with Gasteiger partial charge in [0.25, 0.3) is 0 Å². The van der Waals surface area contributed by atoms with Gasteiger partial charge in [-0.05, 0) is 70.0 Å². The van der Waals surface area contributed by atoms with Gasteiger partial charge in [-0.1, -0.05) is 0 Å². The first-order valence-corrected chi connectivity index (χ1v) is 11.5. The Morgan fingerprint density at radius 3 is 2.07 bits per heavy atom. The second kappa shape index (κ2) is 8.01. The number of nitrogens with one attached hydrogen (secondary N) is 2. The number of likely N-dealkylation sites (tertiary alicyclic amines) is 1. The Hall–Kier alpha value is -1.02. The van der Waals surface area contributed by atoms with Crippen LogP contribution < -0.4 is 10.6 Å². The van der Waals surface area contributed by atoms with Gasteiger partial charge in [-0.15, -0.1) is 0 Å². The van der Waals surface area contributed by atoms with Crippen molar-refractivity contribution in [3.63, 3.8) is 0 Å². The van der Waals surface area contributed by atoms with Crippen LogP contribution >= 0.6 is 0 Å². The Labute approximate surface area is 168 Å². The summed E-state index contributed by atoms with van der Waals surface area (Å²) in [4.78, 5) is 32.2. The van der Waals surface area contributed by atoms with Crippen molar-refractivity contribution in [2.75, 3.05) is 52.4 Å². The fraction of sp³-hybridized carbons (Fsp3) is 0.905. The van der Waals surface area contributed by atoms with Crippen LogP contribution in [0.15, 0.2) is 0 Å². The van der Waals surface area contributed by atoms with Gasteiger partial charge in [-0.2, -0.15) is 0 Å². The Kier molecular flexibility index (Phi) is 5.43. The van der Waals surface area contributed by atoms with E-state index in [1.807, 2.05) is 0 Å². The number of fused-ring (bicyclic) bond motifs is 5. The van der Waals surface area contributed by atoms with Crippen molar-refractivity contribution in [1.82, 2.24) is 25.3 Å². The fourth-order valence-corrected chi connectivity index (χ4v) is 6.44. The van der Waals surface area contributed by atoms with E-state index in [2.05, 4.69) is 20.4 Å². The largest absolute Gasteiger partial charge is 0.301 e. The monoisotopic (exact) mass is 389 g/mol. The average Bonchev–Trinajstić information content (AvgIpc) is 3.41. The lowest BCUT2D eigenvalue weighted by Gasteiger charge is -2.41. The highest BCUT2D eigenvalue weighted by molar-refractivity contribution is 6.06. The number of unbranched alkanes of at least 4 members (excludes halogenated alkanes) is 1. The molecule has 5 fully saturated rings. The molecule has 0 aromatic carbocycles. The maximum absolute atomic E-state index is 12.7. The normalized spacial score (nSPS) is 37.2. The highest BCUT2D eigenvalue weighted by Gasteiger charge is 2.60. The summed E-state index contributed by atoms with van der Waals surface area (Å²) in [5.41, 5.74) is 0. The molecular formula is C21H35N5O2. The van der Waals surface area contributed by atoms with Crippen molar-refractivity contribution < 1.29 is 9.59 Å². The number of rotatable bonds is 6. The Balaban J connectivity index is 1.02. The molecule has 2 aliphatic carbocycles. The Morgan fingerprint density at radius 1 is 0.821 bits per heavy atom. The Morgan fingerprint density at radius 2 is 1.43 bits per heavy atom. The fourth-order valence-electron chi connectivity index (χ4n) is 6.44. The van der Waals surface area contributed by atoms with E-state index in [1.165, 1.54) is 6.42 Å². The first-order chi connectivity index (χ1) is 13.7. The molecule has 0 spiro atoms.